The largest absolute Gasteiger partial charge is 0.456 e. The summed E-state index contributed by atoms with van der Waals surface area (Å²) in [4.78, 5) is 2.40. The third-order valence-corrected chi connectivity index (χ3v) is 9.09. The van der Waals surface area contributed by atoms with E-state index in [1.54, 1.807) is 0 Å². The van der Waals surface area contributed by atoms with Gasteiger partial charge in [0.05, 0.1) is 11.0 Å². The van der Waals surface area contributed by atoms with Crippen LogP contribution in [0.15, 0.2) is 168 Å². The number of fused-ring (bicyclic) bond motifs is 6. The molecule has 0 amide bonds. The van der Waals surface area contributed by atoms with Gasteiger partial charge < -0.3 is 13.9 Å². The van der Waals surface area contributed by atoms with E-state index in [0.29, 0.717) is 0 Å². The molecular formula is C42H30N2O. The van der Waals surface area contributed by atoms with E-state index in [0.717, 1.165) is 46.2 Å². The van der Waals surface area contributed by atoms with E-state index in [9.17, 15) is 0 Å². The molecule has 0 aliphatic heterocycles. The van der Waals surface area contributed by atoms with Crippen LogP contribution in [-0.4, -0.2) is 4.57 Å². The molecule has 0 N–H and O–H groups in total. The highest BCUT2D eigenvalue weighted by atomic mass is 16.3. The second kappa shape index (κ2) is 10.4. The van der Waals surface area contributed by atoms with Gasteiger partial charge in [0.15, 0.2) is 0 Å². The molecule has 214 valence electrons. The first-order chi connectivity index (χ1) is 22.3. The number of para-hydroxylation sites is 3. The topological polar surface area (TPSA) is 21.3 Å². The molecule has 6 aromatic carbocycles. The minimum absolute atomic E-state index is 0.899. The fourth-order valence-electron chi connectivity index (χ4n) is 7.01. The van der Waals surface area contributed by atoms with Gasteiger partial charge in [-0.1, -0.05) is 97.1 Å². The van der Waals surface area contributed by atoms with Gasteiger partial charge in [0.2, 0.25) is 0 Å². The zero-order chi connectivity index (χ0) is 29.7. The quantitative estimate of drug-likeness (QED) is 0.203. The Balaban J connectivity index is 1.20. The number of nitrogens with zero attached hydrogens (tertiary/aromatic N) is 2. The highest BCUT2D eigenvalue weighted by molar-refractivity contribution is 6.10. The number of hydrogen-bond acceptors (Lipinski definition) is 2. The monoisotopic (exact) mass is 578 g/mol. The lowest BCUT2D eigenvalue weighted by atomic mass is 10.0. The Bertz CT molecular complexity index is 2390. The molecule has 0 fully saturated rings. The second-order valence-corrected chi connectivity index (χ2v) is 11.7. The molecule has 0 bridgehead atoms. The Morgan fingerprint density at radius 1 is 0.467 bits per heavy atom. The van der Waals surface area contributed by atoms with E-state index in [4.69, 9.17) is 4.42 Å². The standard InChI is InChI=1S/C42H30N2O/c1-2-11-29(12-3-1)30-13-10-14-33(27-30)43(34-25-26-38-37-17-6-9-20-41(37)45-42(38)28-34)31-21-23-32(24-22-31)44-39-18-7-4-15-35(39)36-16-5-8-19-40(36)44/h1-21,23,25-28H,22,24H2. The minimum atomic E-state index is 0.899. The molecule has 0 atom stereocenters. The van der Waals surface area contributed by atoms with Gasteiger partial charge in [-0.3, -0.25) is 0 Å². The van der Waals surface area contributed by atoms with Crippen molar-refractivity contribution < 1.29 is 4.42 Å². The SMILES string of the molecule is C1=C(N(c2cccc(-c3ccccc3)c2)c2ccc3c(c2)oc2ccccc23)CCC(n2c3ccccc3c3ccccc32)=C1. The molecule has 2 heterocycles. The van der Waals surface area contributed by atoms with Crippen LogP contribution < -0.4 is 4.90 Å². The Labute approximate surface area is 261 Å². The van der Waals surface area contributed by atoms with Crippen molar-refractivity contribution in [2.75, 3.05) is 4.90 Å². The summed E-state index contributed by atoms with van der Waals surface area (Å²) in [6.45, 7) is 0. The Morgan fingerprint density at radius 3 is 1.87 bits per heavy atom. The van der Waals surface area contributed by atoms with E-state index in [1.807, 2.05) is 12.1 Å². The van der Waals surface area contributed by atoms with E-state index < -0.39 is 0 Å². The molecule has 8 aromatic rings. The summed E-state index contributed by atoms with van der Waals surface area (Å²) < 4.78 is 8.79. The molecule has 3 heteroatoms. The third kappa shape index (κ3) is 4.28. The highest BCUT2D eigenvalue weighted by Gasteiger charge is 2.21. The fraction of sp³-hybridized carbons (Fsp3) is 0.0476. The van der Waals surface area contributed by atoms with Crippen molar-refractivity contribution in [1.82, 2.24) is 4.57 Å². The summed E-state index contributed by atoms with van der Waals surface area (Å²) in [6, 6.07) is 51.8. The molecule has 0 unspecified atom stereocenters. The number of furan rings is 1. The van der Waals surface area contributed by atoms with E-state index in [1.165, 1.54) is 44.3 Å². The Kier molecular flexibility index (Phi) is 5.95. The summed E-state index contributed by atoms with van der Waals surface area (Å²) in [7, 11) is 0. The van der Waals surface area contributed by atoms with Gasteiger partial charge in [0.25, 0.3) is 0 Å². The number of allylic oxidation sites excluding steroid dienone is 4. The van der Waals surface area contributed by atoms with Crippen LogP contribution in [0.3, 0.4) is 0 Å². The molecule has 1 aliphatic carbocycles. The first kappa shape index (κ1) is 25.7. The van der Waals surface area contributed by atoms with Gasteiger partial charge in [-0.05, 0) is 78.6 Å². The van der Waals surface area contributed by atoms with Crippen molar-refractivity contribution in [3.05, 3.63) is 163 Å². The van der Waals surface area contributed by atoms with Crippen LogP contribution in [0.25, 0.3) is 60.6 Å². The smallest absolute Gasteiger partial charge is 0.137 e. The average molecular weight is 579 g/mol. The van der Waals surface area contributed by atoms with E-state index >= 15 is 0 Å². The van der Waals surface area contributed by atoms with Gasteiger partial charge in [0.1, 0.15) is 11.2 Å². The van der Waals surface area contributed by atoms with Crippen molar-refractivity contribution in [2.45, 2.75) is 12.8 Å². The predicted octanol–water partition coefficient (Wildman–Crippen LogP) is 11.7. The zero-order valence-electron chi connectivity index (χ0n) is 24.7. The van der Waals surface area contributed by atoms with Crippen LogP contribution in [0, 0.1) is 0 Å². The van der Waals surface area contributed by atoms with E-state index in [2.05, 4.69) is 155 Å². The number of rotatable bonds is 5. The predicted molar refractivity (Wildman–Crippen MR) is 189 cm³/mol. The Morgan fingerprint density at radius 2 is 1.11 bits per heavy atom. The average Bonchev–Trinajstić information content (AvgIpc) is 3.65. The molecule has 3 nitrogen and oxygen atoms in total. The maximum absolute atomic E-state index is 6.35. The molecule has 45 heavy (non-hydrogen) atoms. The summed E-state index contributed by atoms with van der Waals surface area (Å²) in [5.41, 5.74) is 11.5. The van der Waals surface area contributed by atoms with Crippen molar-refractivity contribution in [2.24, 2.45) is 0 Å². The highest BCUT2D eigenvalue weighted by Crippen LogP contribution is 2.41. The number of benzene rings is 6. The maximum atomic E-state index is 6.35. The third-order valence-electron chi connectivity index (χ3n) is 9.09. The molecule has 1 aliphatic rings. The van der Waals surface area contributed by atoms with Crippen molar-refractivity contribution >= 4 is 60.8 Å². The molecule has 2 aromatic heterocycles. The van der Waals surface area contributed by atoms with Gasteiger partial charge in [0, 0.05) is 50.4 Å². The lowest BCUT2D eigenvalue weighted by Crippen LogP contribution is -2.18. The summed E-state index contributed by atoms with van der Waals surface area (Å²) in [6.07, 6.45) is 6.45. The number of hydrogen-bond donors (Lipinski definition) is 0. The zero-order valence-corrected chi connectivity index (χ0v) is 24.7. The van der Waals surface area contributed by atoms with Crippen molar-refractivity contribution in [3.63, 3.8) is 0 Å². The van der Waals surface area contributed by atoms with Gasteiger partial charge in [-0.25, -0.2) is 0 Å². The van der Waals surface area contributed by atoms with Crippen LogP contribution in [0.5, 0.6) is 0 Å². The number of anilines is 2. The second-order valence-electron chi connectivity index (χ2n) is 11.7. The van der Waals surface area contributed by atoms with Crippen molar-refractivity contribution in [1.29, 1.82) is 0 Å². The first-order valence-electron chi connectivity index (χ1n) is 15.6. The normalized spacial score (nSPS) is 13.4. The lowest BCUT2D eigenvalue weighted by molar-refractivity contribution is 0.669. The number of aromatic nitrogens is 1. The van der Waals surface area contributed by atoms with Crippen LogP contribution in [0.2, 0.25) is 0 Å². The van der Waals surface area contributed by atoms with Gasteiger partial charge in [-0.2, -0.15) is 0 Å². The molecule has 0 saturated carbocycles. The fourth-order valence-corrected chi connectivity index (χ4v) is 7.01. The first-order valence-corrected chi connectivity index (χ1v) is 15.6. The van der Waals surface area contributed by atoms with Crippen LogP contribution in [0.1, 0.15) is 12.8 Å². The molecule has 9 rings (SSSR count). The Hall–Kier alpha value is -5.80. The van der Waals surface area contributed by atoms with Crippen LogP contribution >= 0.6 is 0 Å². The summed E-state index contributed by atoms with van der Waals surface area (Å²) >= 11 is 0. The van der Waals surface area contributed by atoms with Gasteiger partial charge in [-0.15, -0.1) is 0 Å². The van der Waals surface area contributed by atoms with E-state index in [-0.39, 0.29) is 0 Å². The molecule has 0 saturated heterocycles. The molecular weight excluding hydrogens is 548 g/mol. The summed E-state index contributed by atoms with van der Waals surface area (Å²) in [5.74, 6) is 0. The van der Waals surface area contributed by atoms with Gasteiger partial charge >= 0.3 is 0 Å². The van der Waals surface area contributed by atoms with Crippen molar-refractivity contribution in [3.8, 4) is 11.1 Å². The lowest BCUT2D eigenvalue weighted by Gasteiger charge is -2.30. The van der Waals surface area contributed by atoms with Crippen LogP contribution in [-0.2, 0) is 0 Å². The summed E-state index contributed by atoms with van der Waals surface area (Å²) in [5, 5.41) is 4.87. The maximum Gasteiger partial charge on any atom is 0.137 e. The van der Waals surface area contributed by atoms with Crippen LogP contribution in [0.4, 0.5) is 11.4 Å². The minimum Gasteiger partial charge on any atom is -0.456 e. The molecule has 0 radical (unpaired) electrons. The molecule has 0 spiro atoms.